The number of hydrogen-bond acceptors (Lipinski definition) is 5. The maximum Gasteiger partial charge on any atom is 0.270 e. The predicted molar refractivity (Wildman–Crippen MR) is 110 cm³/mol. The second-order valence-electron chi connectivity index (χ2n) is 6.78. The molecule has 7 nitrogen and oxygen atoms in total. The fourth-order valence-corrected chi connectivity index (χ4v) is 3.14. The third kappa shape index (κ3) is 3.70. The van der Waals surface area contributed by atoms with E-state index in [0.717, 1.165) is 16.7 Å². The Balaban J connectivity index is 1.61. The Bertz CT molecular complexity index is 1260. The van der Waals surface area contributed by atoms with Crippen molar-refractivity contribution in [1.29, 1.82) is 0 Å². The highest BCUT2D eigenvalue weighted by atomic mass is 16.6. The van der Waals surface area contributed by atoms with Crippen LogP contribution in [-0.2, 0) is 0 Å². The molecule has 0 fully saturated rings. The van der Waals surface area contributed by atoms with Crippen molar-refractivity contribution >= 4 is 28.4 Å². The van der Waals surface area contributed by atoms with Crippen LogP contribution in [0.25, 0.3) is 22.6 Å². The average Bonchev–Trinajstić information content (AvgIpc) is 3.11. The number of nitro groups is 1. The van der Waals surface area contributed by atoms with Gasteiger partial charge in [0, 0.05) is 28.9 Å². The van der Waals surface area contributed by atoms with Crippen LogP contribution in [0.2, 0.25) is 0 Å². The van der Waals surface area contributed by atoms with Gasteiger partial charge in [0.05, 0.1) is 4.92 Å². The highest BCUT2D eigenvalue weighted by Crippen LogP contribution is 2.29. The van der Waals surface area contributed by atoms with E-state index in [0.29, 0.717) is 22.7 Å². The summed E-state index contributed by atoms with van der Waals surface area (Å²) in [6, 6.07) is 16.8. The van der Waals surface area contributed by atoms with Crippen molar-refractivity contribution in [1.82, 2.24) is 4.98 Å². The maximum atomic E-state index is 12.5. The molecule has 1 heterocycles. The van der Waals surface area contributed by atoms with E-state index < -0.39 is 10.8 Å². The molecule has 7 heteroatoms. The lowest BCUT2D eigenvalue weighted by atomic mass is 10.1. The molecule has 4 aromatic rings. The number of carbonyl (C=O) groups is 1. The number of benzene rings is 3. The number of amides is 1. The molecule has 1 aromatic heterocycles. The first-order valence-electron chi connectivity index (χ1n) is 8.95. The van der Waals surface area contributed by atoms with Gasteiger partial charge in [0.1, 0.15) is 5.52 Å². The zero-order valence-electron chi connectivity index (χ0n) is 15.8. The van der Waals surface area contributed by atoms with E-state index in [1.165, 1.54) is 24.3 Å². The van der Waals surface area contributed by atoms with Crippen LogP contribution >= 0.6 is 0 Å². The van der Waals surface area contributed by atoms with Gasteiger partial charge in [0.25, 0.3) is 11.6 Å². The summed E-state index contributed by atoms with van der Waals surface area (Å²) in [6.07, 6.45) is 0. The number of fused-ring (bicyclic) bond motifs is 1. The molecule has 0 saturated heterocycles. The lowest BCUT2D eigenvalue weighted by Gasteiger charge is -2.04. The van der Waals surface area contributed by atoms with Gasteiger partial charge in [-0.25, -0.2) is 4.98 Å². The standard InChI is InChI=1S/C22H17N3O4/c1-13-6-8-18(14(2)10-13)22-24-19-12-16(7-9-20(19)29-22)23-21(26)15-4-3-5-17(11-15)25(27)28/h3-12H,1-2H3,(H,23,26). The Hall–Kier alpha value is -4.00. The Morgan fingerprint density at radius 2 is 1.90 bits per heavy atom. The summed E-state index contributed by atoms with van der Waals surface area (Å²) in [5.74, 6) is 0.0748. The molecule has 3 aromatic carbocycles. The monoisotopic (exact) mass is 387 g/mol. The number of nitro benzene ring substituents is 1. The number of non-ortho nitro benzene ring substituents is 1. The normalized spacial score (nSPS) is 10.8. The second-order valence-corrected chi connectivity index (χ2v) is 6.78. The molecule has 0 radical (unpaired) electrons. The minimum Gasteiger partial charge on any atom is -0.436 e. The molecular weight excluding hydrogens is 370 g/mol. The molecule has 0 saturated carbocycles. The molecule has 1 N–H and O–H groups in total. The largest absolute Gasteiger partial charge is 0.436 e. The molecular formula is C22H17N3O4. The lowest BCUT2D eigenvalue weighted by molar-refractivity contribution is -0.384. The van der Waals surface area contributed by atoms with Gasteiger partial charge >= 0.3 is 0 Å². The second kappa shape index (κ2) is 7.20. The summed E-state index contributed by atoms with van der Waals surface area (Å²) in [7, 11) is 0. The number of aryl methyl sites for hydroxylation is 2. The zero-order valence-corrected chi connectivity index (χ0v) is 15.8. The smallest absolute Gasteiger partial charge is 0.270 e. The van der Waals surface area contributed by atoms with E-state index in [-0.39, 0.29) is 11.3 Å². The Kier molecular flexibility index (Phi) is 4.56. The fraction of sp³-hybridized carbons (Fsp3) is 0.0909. The summed E-state index contributed by atoms with van der Waals surface area (Å²) in [6.45, 7) is 4.03. The highest BCUT2D eigenvalue weighted by molar-refractivity contribution is 6.05. The first kappa shape index (κ1) is 18.4. The molecule has 0 aliphatic heterocycles. The Labute approximate surface area is 166 Å². The van der Waals surface area contributed by atoms with Crippen LogP contribution in [0.15, 0.2) is 65.1 Å². The van der Waals surface area contributed by atoms with E-state index in [1.54, 1.807) is 18.2 Å². The molecule has 144 valence electrons. The van der Waals surface area contributed by atoms with Crippen molar-refractivity contribution in [2.45, 2.75) is 13.8 Å². The lowest BCUT2D eigenvalue weighted by Crippen LogP contribution is -2.12. The van der Waals surface area contributed by atoms with Crippen molar-refractivity contribution < 1.29 is 14.1 Å². The summed E-state index contributed by atoms with van der Waals surface area (Å²) >= 11 is 0. The third-order valence-electron chi connectivity index (χ3n) is 4.58. The van der Waals surface area contributed by atoms with Crippen LogP contribution in [0.1, 0.15) is 21.5 Å². The highest BCUT2D eigenvalue weighted by Gasteiger charge is 2.14. The summed E-state index contributed by atoms with van der Waals surface area (Å²) in [5, 5.41) is 13.6. The average molecular weight is 387 g/mol. The molecule has 0 unspecified atom stereocenters. The minimum atomic E-state index is -0.535. The number of carbonyl (C=O) groups excluding carboxylic acids is 1. The number of nitrogens with one attached hydrogen (secondary N) is 1. The zero-order chi connectivity index (χ0) is 20.5. The number of aromatic nitrogens is 1. The topological polar surface area (TPSA) is 98.3 Å². The molecule has 0 bridgehead atoms. The van der Waals surface area contributed by atoms with Crippen LogP contribution in [0.4, 0.5) is 11.4 Å². The summed E-state index contributed by atoms with van der Waals surface area (Å²) in [4.78, 5) is 27.4. The maximum absolute atomic E-state index is 12.5. The van der Waals surface area contributed by atoms with Crippen molar-refractivity contribution in [2.75, 3.05) is 5.32 Å². The van der Waals surface area contributed by atoms with Crippen molar-refractivity contribution in [3.63, 3.8) is 0 Å². The van der Waals surface area contributed by atoms with Crippen molar-refractivity contribution in [3.8, 4) is 11.5 Å². The number of hydrogen-bond donors (Lipinski definition) is 1. The number of nitrogens with zero attached hydrogens (tertiary/aromatic N) is 2. The quantitative estimate of drug-likeness (QED) is 0.380. The molecule has 0 aliphatic carbocycles. The SMILES string of the molecule is Cc1ccc(-c2nc3cc(NC(=O)c4cccc([N+](=O)[O-])c4)ccc3o2)c(C)c1. The van der Waals surface area contributed by atoms with Crippen molar-refractivity contribution in [3.05, 3.63) is 87.5 Å². The number of anilines is 1. The van der Waals surface area contributed by atoms with E-state index in [1.807, 2.05) is 26.0 Å². The van der Waals surface area contributed by atoms with Gasteiger partial charge in [-0.05, 0) is 49.7 Å². The van der Waals surface area contributed by atoms with Crippen LogP contribution in [0.5, 0.6) is 0 Å². The third-order valence-corrected chi connectivity index (χ3v) is 4.58. The van der Waals surface area contributed by atoms with E-state index >= 15 is 0 Å². The summed E-state index contributed by atoms with van der Waals surface area (Å²) in [5.41, 5.74) is 4.94. The van der Waals surface area contributed by atoms with Gasteiger partial charge in [-0.2, -0.15) is 0 Å². The van der Waals surface area contributed by atoms with Crippen molar-refractivity contribution in [2.24, 2.45) is 0 Å². The minimum absolute atomic E-state index is 0.136. The molecule has 29 heavy (non-hydrogen) atoms. The molecule has 0 atom stereocenters. The van der Waals surface area contributed by atoms with E-state index in [9.17, 15) is 14.9 Å². The van der Waals surface area contributed by atoms with Crippen LogP contribution in [0.3, 0.4) is 0 Å². The molecule has 0 spiro atoms. The molecule has 4 rings (SSSR count). The Morgan fingerprint density at radius 3 is 2.66 bits per heavy atom. The van der Waals surface area contributed by atoms with Gasteiger partial charge in [-0.3, -0.25) is 14.9 Å². The summed E-state index contributed by atoms with van der Waals surface area (Å²) < 4.78 is 5.86. The number of oxazole rings is 1. The molecule has 0 aliphatic rings. The molecule has 1 amide bonds. The van der Waals surface area contributed by atoms with Crippen LogP contribution in [0, 0.1) is 24.0 Å². The first-order chi connectivity index (χ1) is 13.9. The first-order valence-corrected chi connectivity index (χ1v) is 8.95. The van der Waals surface area contributed by atoms with E-state index in [2.05, 4.69) is 16.4 Å². The number of rotatable bonds is 4. The van der Waals surface area contributed by atoms with E-state index in [4.69, 9.17) is 4.42 Å². The van der Waals surface area contributed by atoms with Gasteiger partial charge < -0.3 is 9.73 Å². The van der Waals surface area contributed by atoms with Gasteiger partial charge in [-0.15, -0.1) is 0 Å². The van der Waals surface area contributed by atoms with Gasteiger partial charge in [0.15, 0.2) is 5.58 Å². The van der Waals surface area contributed by atoms with Crippen LogP contribution < -0.4 is 5.32 Å². The predicted octanol–water partition coefficient (Wildman–Crippen LogP) is 5.27. The van der Waals surface area contributed by atoms with Gasteiger partial charge in [-0.1, -0.05) is 23.8 Å². The van der Waals surface area contributed by atoms with Gasteiger partial charge in [0.2, 0.25) is 5.89 Å². The Morgan fingerprint density at radius 1 is 1.07 bits per heavy atom. The fourth-order valence-electron chi connectivity index (χ4n) is 3.14. The van der Waals surface area contributed by atoms with Crippen LogP contribution in [-0.4, -0.2) is 15.8 Å².